The molecular formula is C12H9BN2O2. The molecule has 1 N–H and O–H groups in total. The predicted octanol–water partition coefficient (Wildman–Crippen LogP) is 2.13. The normalized spacial score (nSPS) is 9.88. The van der Waals surface area contributed by atoms with Crippen LogP contribution in [0.4, 0.5) is 17.1 Å². The fourth-order valence-electron chi connectivity index (χ4n) is 1.48. The topological polar surface area (TPSA) is 55.2 Å². The minimum absolute atomic E-state index is 0.0335. The molecule has 2 rings (SSSR count). The van der Waals surface area contributed by atoms with Crippen LogP contribution in [0.15, 0.2) is 48.5 Å². The van der Waals surface area contributed by atoms with Gasteiger partial charge in [0.2, 0.25) is 0 Å². The maximum atomic E-state index is 10.9. The first-order valence-corrected chi connectivity index (χ1v) is 5.03. The standard InChI is InChI=1S/C12H9BN2O2/c13-9-6-7-11(12(8-9)15(16)17)14-10-4-2-1-3-5-10/h1-8,14H. The van der Waals surface area contributed by atoms with Crippen LogP contribution < -0.4 is 10.8 Å². The molecule has 0 saturated carbocycles. The summed E-state index contributed by atoms with van der Waals surface area (Å²) in [6, 6.07) is 13.8. The van der Waals surface area contributed by atoms with Gasteiger partial charge in [0.05, 0.1) is 4.92 Å². The molecule has 0 saturated heterocycles. The molecule has 17 heavy (non-hydrogen) atoms. The van der Waals surface area contributed by atoms with E-state index in [0.29, 0.717) is 11.2 Å². The lowest BCUT2D eigenvalue weighted by atomic mass is 9.95. The average Bonchev–Trinajstić information content (AvgIpc) is 2.32. The van der Waals surface area contributed by atoms with Crippen LogP contribution in [0, 0.1) is 10.1 Å². The van der Waals surface area contributed by atoms with E-state index in [4.69, 9.17) is 7.85 Å². The van der Waals surface area contributed by atoms with Gasteiger partial charge in [0.25, 0.3) is 5.69 Å². The summed E-state index contributed by atoms with van der Waals surface area (Å²) in [5.74, 6) is 0. The zero-order valence-corrected chi connectivity index (χ0v) is 8.96. The van der Waals surface area contributed by atoms with E-state index in [9.17, 15) is 10.1 Å². The highest BCUT2D eigenvalue weighted by Crippen LogP contribution is 2.25. The van der Waals surface area contributed by atoms with Crippen LogP contribution in [0.5, 0.6) is 0 Å². The quantitative estimate of drug-likeness (QED) is 0.493. The second-order valence-electron chi connectivity index (χ2n) is 3.52. The molecule has 82 valence electrons. The van der Waals surface area contributed by atoms with Gasteiger partial charge in [0.1, 0.15) is 13.5 Å². The number of para-hydroxylation sites is 1. The highest BCUT2D eigenvalue weighted by molar-refractivity contribution is 6.32. The van der Waals surface area contributed by atoms with Crippen LogP contribution in [0.25, 0.3) is 0 Å². The van der Waals surface area contributed by atoms with Crippen molar-refractivity contribution in [1.29, 1.82) is 0 Å². The van der Waals surface area contributed by atoms with E-state index in [-0.39, 0.29) is 5.69 Å². The smallest absolute Gasteiger partial charge is 0.292 e. The van der Waals surface area contributed by atoms with Crippen molar-refractivity contribution < 1.29 is 4.92 Å². The highest BCUT2D eigenvalue weighted by atomic mass is 16.6. The molecular weight excluding hydrogens is 215 g/mol. The molecule has 0 spiro atoms. The number of nitro benzene ring substituents is 1. The van der Waals surface area contributed by atoms with E-state index in [2.05, 4.69) is 5.32 Å². The molecule has 5 heteroatoms. The summed E-state index contributed by atoms with van der Waals surface area (Å²) in [6.45, 7) is 0. The zero-order chi connectivity index (χ0) is 12.3. The summed E-state index contributed by atoms with van der Waals surface area (Å²) >= 11 is 0. The lowest BCUT2D eigenvalue weighted by molar-refractivity contribution is -0.383. The fourth-order valence-corrected chi connectivity index (χ4v) is 1.48. The second-order valence-corrected chi connectivity index (χ2v) is 3.52. The molecule has 0 aliphatic heterocycles. The van der Waals surface area contributed by atoms with Gasteiger partial charge in [-0.2, -0.15) is 0 Å². The van der Waals surface area contributed by atoms with E-state index in [1.165, 1.54) is 6.07 Å². The molecule has 0 amide bonds. The van der Waals surface area contributed by atoms with Crippen LogP contribution in [0.2, 0.25) is 0 Å². The predicted molar refractivity (Wildman–Crippen MR) is 68.2 cm³/mol. The Balaban J connectivity index is 2.36. The van der Waals surface area contributed by atoms with Gasteiger partial charge in [-0.1, -0.05) is 29.7 Å². The van der Waals surface area contributed by atoms with Crippen molar-refractivity contribution >= 4 is 30.4 Å². The van der Waals surface area contributed by atoms with Gasteiger partial charge in [-0.15, -0.1) is 0 Å². The van der Waals surface area contributed by atoms with Crippen molar-refractivity contribution in [2.75, 3.05) is 5.32 Å². The first-order valence-electron chi connectivity index (χ1n) is 5.03. The average molecular weight is 224 g/mol. The summed E-state index contributed by atoms with van der Waals surface area (Å²) < 4.78 is 0. The summed E-state index contributed by atoms with van der Waals surface area (Å²) in [7, 11) is 5.53. The lowest BCUT2D eigenvalue weighted by Gasteiger charge is -2.07. The number of hydrogen-bond acceptors (Lipinski definition) is 3. The van der Waals surface area contributed by atoms with Crippen molar-refractivity contribution in [3.05, 3.63) is 58.6 Å². The minimum atomic E-state index is -0.457. The van der Waals surface area contributed by atoms with Crippen molar-refractivity contribution in [2.45, 2.75) is 0 Å². The first kappa shape index (κ1) is 11.2. The Bertz CT molecular complexity index is 543. The van der Waals surface area contributed by atoms with E-state index >= 15 is 0 Å². The molecule has 0 aromatic heterocycles. The molecule has 2 aromatic rings. The summed E-state index contributed by atoms with van der Waals surface area (Å²) in [6.07, 6.45) is 0. The van der Waals surface area contributed by atoms with Gasteiger partial charge in [0, 0.05) is 11.8 Å². The Morgan fingerprint density at radius 1 is 1.12 bits per heavy atom. The summed E-state index contributed by atoms with van der Waals surface area (Å²) in [5.41, 5.74) is 1.56. The molecule has 0 aliphatic rings. The molecule has 2 aromatic carbocycles. The number of rotatable bonds is 3. The molecule has 4 nitrogen and oxygen atoms in total. The lowest BCUT2D eigenvalue weighted by Crippen LogP contribution is -2.05. The van der Waals surface area contributed by atoms with E-state index in [0.717, 1.165) is 5.69 Å². The molecule has 0 bridgehead atoms. The zero-order valence-electron chi connectivity index (χ0n) is 8.96. The highest BCUT2D eigenvalue weighted by Gasteiger charge is 2.13. The van der Waals surface area contributed by atoms with Gasteiger partial charge in [-0.05, 0) is 18.2 Å². The number of nitrogens with one attached hydrogen (secondary N) is 1. The second kappa shape index (κ2) is 4.70. The Morgan fingerprint density at radius 3 is 2.47 bits per heavy atom. The number of nitro groups is 1. The first-order chi connectivity index (χ1) is 8.16. The molecule has 0 unspecified atom stereocenters. The largest absolute Gasteiger partial charge is 0.350 e. The summed E-state index contributed by atoms with van der Waals surface area (Å²) in [5, 5.41) is 13.9. The van der Waals surface area contributed by atoms with Crippen LogP contribution in [0.1, 0.15) is 0 Å². The molecule has 0 fully saturated rings. The SMILES string of the molecule is [B]c1ccc(Nc2ccccc2)c([N+](=O)[O-])c1. The van der Waals surface area contributed by atoms with Gasteiger partial charge in [0.15, 0.2) is 0 Å². The Morgan fingerprint density at radius 2 is 1.82 bits per heavy atom. The Labute approximate surface area is 99.8 Å². The van der Waals surface area contributed by atoms with Gasteiger partial charge in [-0.25, -0.2) is 0 Å². The third-order valence-electron chi connectivity index (χ3n) is 2.27. The van der Waals surface area contributed by atoms with Crippen LogP contribution in [-0.4, -0.2) is 12.8 Å². The maximum absolute atomic E-state index is 10.9. The number of benzene rings is 2. The third-order valence-corrected chi connectivity index (χ3v) is 2.27. The monoisotopic (exact) mass is 224 g/mol. The molecule has 0 aliphatic carbocycles. The van der Waals surface area contributed by atoms with Crippen molar-refractivity contribution in [3.63, 3.8) is 0 Å². The minimum Gasteiger partial charge on any atom is -0.350 e. The van der Waals surface area contributed by atoms with Crippen molar-refractivity contribution in [3.8, 4) is 0 Å². The van der Waals surface area contributed by atoms with Crippen LogP contribution in [-0.2, 0) is 0 Å². The van der Waals surface area contributed by atoms with Crippen LogP contribution >= 0.6 is 0 Å². The van der Waals surface area contributed by atoms with E-state index in [1.54, 1.807) is 12.1 Å². The summed E-state index contributed by atoms with van der Waals surface area (Å²) in [4.78, 5) is 10.4. The van der Waals surface area contributed by atoms with Gasteiger partial charge >= 0.3 is 0 Å². The number of nitrogens with zero attached hydrogens (tertiary/aromatic N) is 1. The van der Waals surface area contributed by atoms with E-state index in [1.807, 2.05) is 30.3 Å². The van der Waals surface area contributed by atoms with Crippen molar-refractivity contribution in [1.82, 2.24) is 0 Å². The number of hydrogen-bond donors (Lipinski definition) is 1. The molecule has 0 atom stereocenters. The van der Waals surface area contributed by atoms with E-state index < -0.39 is 4.92 Å². The number of anilines is 2. The van der Waals surface area contributed by atoms with Crippen molar-refractivity contribution in [2.24, 2.45) is 0 Å². The molecule has 2 radical (unpaired) electrons. The van der Waals surface area contributed by atoms with Gasteiger partial charge in [-0.3, -0.25) is 10.1 Å². The third kappa shape index (κ3) is 2.63. The Kier molecular flexibility index (Phi) is 3.09. The van der Waals surface area contributed by atoms with Crippen LogP contribution in [0.3, 0.4) is 0 Å². The fraction of sp³-hybridized carbons (Fsp3) is 0. The van der Waals surface area contributed by atoms with Gasteiger partial charge < -0.3 is 5.32 Å². The Hall–Kier alpha value is -2.30. The molecule has 0 heterocycles. The maximum Gasteiger partial charge on any atom is 0.292 e.